The van der Waals surface area contributed by atoms with Crippen LogP contribution in [0.3, 0.4) is 0 Å². The van der Waals surface area contributed by atoms with Gasteiger partial charge in [0.05, 0.1) is 28.5 Å². The molecule has 0 aliphatic heterocycles. The summed E-state index contributed by atoms with van der Waals surface area (Å²) in [6, 6.07) is 5.83. The van der Waals surface area contributed by atoms with Gasteiger partial charge in [-0.05, 0) is 43.9 Å². The summed E-state index contributed by atoms with van der Waals surface area (Å²) in [5.74, 6) is 1.81. The lowest BCUT2D eigenvalue weighted by molar-refractivity contribution is -0.117. The molecular weight excluding hydrogens is 504 g/mol. The van der Waals surface area contributed by atoms with Gasteiger partial charge in [0.2, 0.25) is 5.91 Å². The molecule has 40 heavy (non-hydrogen) atoms. The zero-order chi connectivity index (χ0) is 27.1. The number of nitrogens with zero attached hydrogens (tertiary/aromatic N) is 7. The number of pyridine rings is 3. The van der Waals surface area contributed by atoms with E-state index >= 15 is 0 Å². The van der Waals surface area contributed by atoms with Crippen molar-refractivity contribution in [3.05, 3.63) is 61.2 Å². The van der Waals surface area contributed by atoms with E-state index < -0.39 is 0 Å². The lowest BCUT2D eigenvalue weighted by Gasteiger charge is -2.20. The summed E-state index contributed by atoms with van der Waals surface area (Å²) < 4.78 is 1.86. The Balaban J connectivity index is 1.19. The maximum absolute atomic E-state index is 12.7. The van der Waals surface area contributed by atoms with Gasteiger partial charge in [0.15, 0.2) is 17.3 Å². The van der Waals surface area contributed by atoms with E-state index in [4.69, 9.17) is 4.98 Å². The highest BCUT2D eigenvalue weighted by molar-refractivity contribution is 5.95. The third-order valence-electron chi connectivity index (χ3n) is 7.53. The molecule has 0 bridgehead atoms. The van der Waals surface area contributed by atoms with Crippen LogP contribution in [0.5, 0.6) is 0 Å². The average molecular weight is 533 g/mol. The predicted molar refractivity (Wildman–Crippen MR) is 152 cm³/mol. The van der Waals surface area contributed by atoms with E-state index in [0.29, 0.717) is 41.0 Å². The van der Waals surface area contributed by atoms with Gasteiger partial charge in [0, 0.05) is 42.3 Å². The fraction of sp³-hybridized carbons (Fsp3) is 0.276. The van der Waals surface area contributed by atoms with Crippen LogP contribution in [0.1, 0.15) is 44.2 Å². The Morgan fingerprint density at radius 1 is 1.07 bits per heavy atom. The lowest BCUT2D eigenvalue weighted by Crippen LogP contribution is -2.18. The van der Waals surface area contributed by atoms with Crippen molar-refractivity contribution in [2.24, 2.45) is 5.92 Å². The predicted octanol–water partition coefficient (Wildman–Crippen LogP) is 5.36. The number of aryl methyl sites for hydroxylation is 1. The number of nitrogens with one attached hydrogen (secondary N) is 3. The molecule has 6 aromatic heterocycles. The molecule has 0 atom stereocenters. The number of carbonyl (C=O) groups excluding carboxylic acids is 1. The van der Waals surface area contributed by atoms with Gasteiger partial charge in [0.1, 0.15) is 17.5 Å². The molecule has 11 heteroatoms. The molecule has 6 heterocycles. The fourth-order valence-electron chi connectivity index (χ4n) is 5.53. The number of aromatic nitrogens is 9. The Bertz CT molecular complexity index is 1840. The summed E-state index contributed by atoms with van der Waals surface area (Å²) in [5.41, 5.74) is 6.14. The second kappa shape index (κ2) is 9.99. The molecular formula is C29H28N10O. The lowest BCUT2D eigenvalue weighted by atomic mass is 9.87. The van der Waals surface area contributed by atoms with Crippen LogP contribution >= 0.6 is 0 Å². The topological polar surface area (TPSA) is 143 Å². The highest BCUT2D eigenvalue weighted by atomic mass is 16.1. The van der Waals surface area contributed by atoms with Gasteiger partial charge < -0.3 is 10.3 Å². The number of amides is 1. The van der Waals surface area contributed by atoms with Crippen molar-refractivity contribution in [2.45, 2.75) is 45.4 Å². The van der Waals surface area contributed by atoms with Crippen molar-refractivity contribution < 1.29 is 4.79 Å². The minimum atomic E-state index is 0.0427. The number of rotatable bonds is 6. The fourth-order valence-corrected chi connectivity index (χ4v) is 5.53. The van der Waals surface area contributed by atoms with Crippen molar-refractivity contribution in [3.63, 3.8) is 0 Å². The third-order valence-corrected chi connectivity index (χ3v) is 7.53. The van der Waals surface area contributed by atoms with E-state index in [9.17, 15) is 4.79 Å². The van der Waals surface area contributed by atoms with Gasteiger partial charge in [-0.25, -0.2) is 19.9 Å². The van der Waals surface area contributed by atoms with Gasteiger partial charge in [-0.3, -0.25) is 19.4 Å². The number of fused-ring (bicyclic) bond motifs is 2. The quantitative estimate of drug-likeness (QED) is 0.262. The maximum atomic E-state index is 12.7. The minimum absolute atomic E-state index is 0.0427. The first-order chi connectivity index (χ1) is 19.6. The molecule has 7 rings (SSSR count). The van der Waals surface area contributed by atoms with E-state index in [2.05, 4.69) is 40.4 Å². The molecule has 200 valence electrons. The number of anilines is 1. The van der Waals surface area contributed by atoms with Crippen LogP contribution < -0.4 is 5.32 Å². The maximum Gasteiger partial charge on any atom is 0.224 e. The number of aromatic amines is 2. The average Bonchev–Trinajstić information content (AvgIpc) is 3.71. The first-order valence-electron chi connectivity index (χ1n) is 13.6. The van der Waals surface area contributed by atoms with Gasteiger partial charge in [0.25, 0.3) is 0 Å². The zero-order valence-corrected chi connectivity index (χ0v) is 22.1. The molecule has 11 nitrogen and oxygen atoms in total. The first kappa shape index (κ1) is 24.1. The van der Waals surface area contributed by atoms with Crippen molar-refractivity contribution in [1.82, 2.24) is 44.7 Å². The summed E-state index contributed by atoms with van der Waals surface area (Å²) in [5, 5.41) is 11.4. The number of carbonyl (C=O) groups is 1. The standard InChI is InChI=1S/C29H28N10O/c1-17-15-39(16-33-17)29-26-23(7-8-31-29)35-28(36-26)25-22-11-20(13-32-27(22)38-37-25)19-10-21(14-30-12-19)34-24(40)9-18-5-3-2-4-6-18/h7-8,10-16,18H,2-6,9H2,1H3,(H,34,40)(H,35,36)(H,32,37,38). The highest BCUT2D eigenvalue weighted by Crippen LogP contribution is 2.31. The third kappa shape index (κ3) is 4.59. The summed E-state index contributed by atoms with van der Waals surface area (Å²) in [4.78, 5) is 38.7. The highest BCUT2D eigenvalue weighted by Gasteiger charge is 2.19. The second-order valence-electron chi connectivity index (χ2n) is 10.4. The van der Waals surface area contributed by atoms with Crippen LogP contribution in [0, 0.1) is 12.8 Å². The monoisotopic (exact) mass is 532 g/mol. The molecule has 0 aromatic carbocycles. The van der Waals surface area contributed by atoms with E-state index in [1.165, 1.54) is 19.3 Å². The molecule has 1 aliphatic rings. The zero-order valence-electron chi connectivity index (χ0n) is 22.1. The van der Waals surface area contributed by atoms with Crippen LogP contribution in [0.2, 0.25) is 0 Å². The molecule has 0 saturated heterocycles. The summed E-state index contributed by atoms with van der Waals surface area (Å²) >= 11 is 0. The Hall–Kier alpha value is -4.93. The van der Waals surface area contributed by atoms with Crippen LogP contribution in [-0.2, 0) is 4.79 Å². The summed E-state index contributed by atoms with van der Waals surface area (Å²) in [7, 11) is 0. The smallest absolute Gasteiger partial charge is 0.224 e. The van der Waals surface area contributed by atoms with Crippen LogP contribution in [-0.4, -0.2) is 50.6 Å². The Morgan fingerprint density at radius 3 is 2.80 bits per heavy atom. The molecule has 3 N–H and O–H groups in total. The Labute approximate surface area is 229 Å². The van der Waals surface area contributed by atoms with Gasteiger partial charge in [-0.1, -0.05) is 19.3 Å². The SMILES string of the molecule is Cc1cn(-c2nccc3[nH]c(-c4n[nH]c5ncc(-c6cncc(NC(=O)CC7CCCCC7)c6)cc45)nc23)cn1. The second-order valence-corrected chi connectivity index (χ2v) is 10.4. The van der Waals surface area contributed by atoms with E-state index in [-0.39, 0.29) is 5.91 Å². The van der Waals surface area contributed by atoms with E-state index in [1.54, 1.807) is 31.1 Å². The minimum Gasteiger partial charge on any atom is -0.336 e. The number of hydrogen-bond donors (Lipinski definition) is 3. The van der Waals surface area contributed by atoms with Gasteiger partial charge in [-0.2, -0.15) is 5.10 Å². The van der Waals surface area contributed by atoms with Gasteiger partial charge in [-0.15, -0.1) is 0 Å². The van der Waals surface area contributed by atoms with E-state index in [1.807, 2.05) is 35.9 Å². The van der Waals surface area contributed by atoms with Crippen LogP contribution in [0.15, 0.2) is 55.5 Å². The van der Waals surface area contributed by atoms with Crippen molar-refractivity contribution in [3.8, 4) is 28.5 Å². The summed E-state index contributed by atoms with van der Waals surface area (Å²) in [6.45, 7) is 1.93. The Kier molecular flexibility index (Phi) is 6.03. The van der Waals surface area contributed by atoms with Crippen LogP contribution in [0.25, 0.3) is 50.5 Å². The normalized spacial score (nSPS) is 14.2. The van der Waals surface area contributed by atoms with Crippen molar-refractivity contribution >= 4 is 33.7 Å². The molecule has 1 saturated carbocycles. The summed E-state index contributed by atoms with van der Waals surface area (Å²) in [6.07, 6.45) is 17.2. The van der Waals surface area contributed by atoms with Crippen molar-refractivity contribution in [2.75, 3.05) is 5.32 Å². The number of H-pyrrole nitrogens is 2. The molecule has 1 fully saturated rings. The molecule has 0 spiro atoms. The van der Waals surface area contributed by atoms with Crippen molar-refractivity contribution in [1.29, 1.82) is 0 Å². The number of hydrogen-bond acceptors (Lipinski definition) is 7. The Morgan fingerprint density at radius 2 is 1.95 bits per heavy atom. The molecule has 6 aromatic rings. The largest absolute Gasteiger partial charge is 0.336 e. The molecule has 1 amide bonds. The van der Waals surface area contributed by atoms with E-state index in [0.717, 1.165) is 46.1 Å². The van der Waals surface area contributed by atoms with Gasteiger partial charge >= 0.3 is 0 Å². The molecule has 1 aliphatic carbocycles. The number of imidazole rings is 2. The first-order valence-corrected chi connectivity index (χ1v) is 13.6. The molecule has 0 radical (unpaired) electrons. The molecule has 0 unspecified atom stereocenters. The van der Waals surface area contributed by atoms with Crippen LogP contribution in [0.4, 0.5) is 5.69 Å².